The molecule has 0 saturated carbocycles. The van der Waals surface area contributed by atoms with Crippen molar-refractivity contribution in [2.45, 2.75) is 0 Å². The van der Waals surface area contributed by atoms with E-state index in [0.29, 0.717) is 0 Å². The maximum Gasteiger partial charge on any atom is 0.171 e. The summed E-state index contributed by atoms with van der Waals surface area (Å²) in [4.78, 5) is 0. The quantitative estimate of drug-likeness (QED) is 0.153. The normalized spacial score (nSPS) is 13.4. The molecule has 0 saturated heterocycles. The molecule has 1 heterocycles. The van der Waals surface area contributed by atoms with Crippen molar-refractivity contribution in [2.24, 2.45) is 0 Å². The Bertz CT molecular complexity index is 2470. The summed E-state index contributed by atoms with van der Waals surface area (Å²) in [6.45, 7) is 0. The van der Waals surface area contributed by atoms with Crippen LogP contribution in [-0.4, -0.2) is 4.57 Å². The molecular weight excluding hydrogens is 541 g/mol. The maximum atomic E-state index is 15.8. The Kier molecular flexibility index (Phi) is 5.21. The van der Waals surface area contributed by atoms with Crippen molar-refractivity contribution < 1.29 is 4.57 Å². The summed E-state index contributed by atoms with van der Waals surface area (Å²) < 4.78 is 18.1. The molecule has 0 aliphatic heterocycles. The van der Waals surface area contributed by atoms with Crippen LogP contribution in [-0.2, 0) is 4.57 Å². The minimum atomic E-state index is -3.25. The Morgan fingerprint density at radius 1 is 0.395 bits per heavy atom. The van der Waals surface area contributed by atoms with Gasteiger partial charge in [-0.1, -0.05) is 109 Å². The summed E-state index contributed by atoms with van der Waals surface area (Å²) in [6.07, 6.45) is 0. The summed E-state index contributed by atoms with van der Waals surface area (Å²) >= 11 is 0. The number of aromatic nitrogens is 1. The zero-order chi connectivity index (χ0) is 28.5. The highest BCUT2D eigenvalue weighted by Gasteiger charge is 2.31. The van der Waals surface area contributed by atoms with E-state index in [4.69, 9.17) is 0 Å². The number of hydrogen-bond acceptors (Lipinski definition) is 1. The lowest BCUT2D eigenvalue weighted by Crippen LogP contribution is -2.25. The Labute approximate surface area is 249 Å². The molecule has 0 spiro atoms. The molecule has 43 heavy (non-hydrogen) atoms. The van der Waals surface area contributed by atoms with Crippen LogP contribution >= 0.6 is 7.14 Å². The lowest BCUT2D eigenvalue weighted by Gasteiger charge is -2.22. The Morgan fingerprint density at radius 2 is 0.977 bits per heavy atom. The van der Waals surface area contributed by atoms with Crippen molar-refractivity contribution in [1.82, 2.24) is 4.57 Å². The molecule has 1 atom stereocenters. The van der Waals surface area contributed by atoms with Gasteiger partial charge in [-0.2, -0.15) is 0 Å². The van der Waals surface area contributed by atoms with Crippen LogP contribution < -0.4 is 15.9 Å². The van der Waals surface area contributed by atoms with Gasteiger partial charge in [0, 0.05) is 32.4 Å². The fraction of sp³-hybridized carbons (Fsp3) is 0. The van der Waals surface area contributed by atoms with Crippen molar-refractivity contribution in [3.63, 3.8) is 0 Å². The van der Waals surface area contributed by atoms with E-state index in [2.05, 4.69) is 126 Å². The molecule has 9 rings (SSSR count). The van der Waals surface area contributed by atoms with Crippen LogP contribution in [0.1, 0.15) is 0 Å². The molecule has 0 bridgehead atoms. The lowest BCUT2D eigenvalue weighted by atomic mass is 9.94. The van der Waals surface area contributed by atoms with Gasteiger partial charge in [0.05, 0.1) is 11.0 Å². The lowest BCUT2D eigenvalue weighted by molar-refractivity contribution is 0.592. The molecule has 202 valence electrons. The Balaban J connectivity index is 1.35. The smallest absolute Gasteiger partial charge is 0.171 e. The summed E-state index contributed by atoms with van der Waals surface area (Å²) in [6, 6.07) is 54.9. The maximum absolute atomic E-state index is 15.8. The van der Waals surface area contributed by atoms with Crippen LogP contribution in [0.2, 0.25) is 0 Å². The topological polar surface area (TPSA) is 22.0 Å². The van der Waals surface area contributed by atoms with E-state index in [9.17, 15) is 0 Å². The van der Waals surface area contributed by atoms with E-state index in [1.54, 1.807) is 0 Å². The monoisotopic (exact) mass is 567 g/mol. The largest absolute Gasteiger partial charge is 0.309 e. The summed E-state index contributed by atoms with van der Waals surface area (Å²) in [5.41, 5.74) is 3.35. The standard InChI is InChI=1S/C40H26NOP/c42-43(32-14-5-2-6-15-32,34-24-29-20-18-27-10-9-11-28-19-21-30(25-34)40(29)39(27)28)33-22-23-38-36(26-33)35-16-7-8-17-37(35)41(38)31-12-3-1-4-13-31/h1-26H. The van der Waals surface area contributed by atoms with Gasteiger partial charge in [0.15, 0.2) is 7.14 Å². The molecule has 2 nitrogen and oxygen atoms in total. The fourth-order valence-corrected chi connectivity index (χ4v) is 9.74. The fourth-order valence-electron chi connectivity index (χ4n) is 7.02. The van der Waals surface area contributed by atoms with Crippen LogP contribution in [0.3, 0.4) is 0 Å². The average molecular weight is 568 g/mol. The molecular formula is C40H26NOP. The second-order valence-corrected chi connectivity index (χ2v) is 14.1. The third-order valence-corrected chi connectivity index (χ3v) is 12.0. The Morgan fingerprint density at radius 3 is 1.70 bits per heavy atom. The SMILES string of the molecule is O=P(c1ccccc1)(c1cc2ccc3cccc4ccc(c1)c2c34)c1ccc2c(c1)c1ccccc1n2-c1ccccc1. The zero-order valence-electron chi connectivity index (χ0n) is 23.3. The van der Waals surface area contributed by atoms with Crippen LogP contribution in [0.15, 0.2) is 158 Å². The number of para-hydroxylation sites is 2. The van der Waals surface area contributed by atoms with Gasteiger partial charge in [-0.25, -0.2) is 0 Å². The van der Waals surface area contributed by atoms with Crippen LogP contribution in [0, 0.1) is 0 Å². The number of rotatable bonds is 4. The molecule has 1 unspecified atom stereocenters. The van der Waals surface area contributed by atoms with Gasteiger partial charge in [0.2, 0.25) is 0 Å². The predicted octanol–water partition coefficient (Wildman–Crippen LogP) is 9.32. The van der Waals surface area contributed by atoms with Crippen molar-refractivity contribution in [3.05, 3.63) is 158 Å². The van der Waals surface area contributed by atoms with E-state index in [-0.39, 0.29) is 0 Å². The molecule has 0 fully saturated rings. The van der Waals surface area contributed by atoms with Gasteiger partial charge in [0.25, 0.3) is 0 Å². The van der Waals surface area contributed by atoms with Crippen molar-refractivity contribution in [3.8, 4) is 5.69 Å². The molecule has 9 aromatic rings. The van der Waals surface area contributed by atoms with Crippen molar-refractivity contribution in [2.75, 3.05) is 0 Å². The number of benzene rings is 8. The Hall–Kier alpha value is -5.17. The molecule has 0 amide bonds. The summed E-state index contributed by atoms with van der Waals surface area (Å²) in [7, 11) is -3.25. The molecule has 0 N–H and O–H groups in total. The van der Waals surface area contributed by atoms with Gasteiger partial charge in [0.1, 0.15) is 0 Å². The molecule has 3 heteroatoms. The van der Waals surface area contributed by atoms with E-state index in [0.717, 1.165) is 54.2 Å². The van der Waals surface area contributed by atoms with Gasteiger partial charge < -0.3 is 9.13 Å². The minimum Gasteiger partial charge on any atom is -0.309 e. The molecule has 0 radical (unpaired) electrons. The number of nitrogens with zero attached hydrogens (tertiary/aromatic N) is 1. The molecule has 0 aliphatic carbocycles. The third kappa shape index (κ3) is 3.51. The molecule has 1 aromatic heterocycles. The van der Waals surface area contributed by atoms with Crippen molar-refractivity contribution in [1.29, 1.82) is 0 Å². The highest BCUT2D eigenvalue weighted by molar-refractivity contribution is 7.85. The first-order valence-electron chi connectivity index (χ1n) is 14.6. The summed E-state index contributed by atoms with van der Waals surface area (Å²) in [5, 5.41) is 12.0. The number of hydrogen-bond donors (Lipinski definition) is 0. The first-order chi connectivity index (χ1) is 21.2. The van der Waals surface area contributed by atoms with Crippen LogP contribution in [0.4, 0.5) is 0 Å². The first kappa shape index (κ1) is 24.4. The highest BCUT2D eigenvalue weighted by atomic mass is 31.2. The molecule has 8 aromatic carbocycles. The van der Waals surface area contributed by atoms with Crippen LogP contribution in [0.5, 0.6) is 0 Å². The second kappa shape index (κ2) is 9.16. The first-order valence-corrected chi connectivity index (χ1v) is 16.3. The average Bonchev–Trinajstić information content (AvgIpc) is 3.41. The highest BCUT2D eigenvalue weighted by Crippen LogP contribution is 2.46. The third-order valence-electron chi connectivity index (χ3n) is 8.97. The summed E-state index contributed by atoms with van der Waals surface area (Å²) in [5.74, 6) is 0. The predicted molar refractivity (Wildman–Crippen MR) is 184 cm³/mol. The van der Waals surface area contributed by atoms with E-state index < -0.39 is 7.14 Å². The second-order valence-electron chi connectivity index (χ2n) is 11.3. The van der Waals surface area contributed by atoms with Gasteiger partial charge in [-0.05, 0) is 80.8 Å². The van der Waals surface area contributed by atoms with Gasteiger partial charge in [-0.3, -0.25) is 0 Å². The molecule has 0 aliphatic rings. The number of fused-ring (bicyclic) bond motifs is 3. The van der Waals surface area contributed by atoms with Gasteiger partial charge >= 0.3 is 0 Å². The zero-order valence-corrected chi connectivity index (χ0v) is 24.2. The van der Waals surface area contributed by atoms with E-state index in [1.807, 2.05) is 36.4 Å². The van der Waals surface area contributed by atoms with E-state index in [1.165, 1.54) is 21.5 Å². The van der Waals surface area contributed by atoms with E-state index >= 15 is 4.57 Å². The van der Waals surface area contributed by atoms with Crippen LogP contribution in [0.25, 0.3) is 59.8 Å². The van der Waals surface area contributed by atoms with Crippen molar-refractivity contribution >= 4 is 77.2 Å². The van der Waals surface area contributed by atoms with Gasteiger partial charge in [-0.15, -0.1) is 0 Å². The minimum absolute atomic E-state index is 0.842.